The van der Waals surface area contributed by atoms with Crippen LogP contribution in [0.5, 0.6) is 5.88 Å². The molecule has 0 saturated carbocycles. The number of methoxy groups -OCH3 is 1. The zero-order valence-corrected chi connectivity index (χ0v) is 22.5. The van der Waals surface area contributed by atoms with E-state index < -0.39 is 6.04 Å². The summed E-state index contributed by atoms with van der Waals surface area (Å²) in [6, 6.07) is 8.78. The number of Topliss-reactive ketones (excluding diaryl/α,β-unsaturated/α-hetero) is 1. The van der Waals surface area contributed by atoms with E-state index in [0.29, 0.717) is 48.2 Å². The Morgan fingerprint density at radius 3 is 2.63 bits per heavy atom. The number of amides is 1. The van der Waals surface area contributed by atoms with Crippen molar-refractivity contribution in [2.45, 2.75) is 71.9 Å². The molecule has 1 N–H and O–H groups in total. The SMILES string of the molecule is CCC(=O)CCCC[C@@H]([C@H](NC(C)=O)c1ncc(-c2cc3ccccc3nc2OC)o1)n1nc(C)nc1C. The normalized spacial score (nSPS) is 12.9. The van der Waals surface area contributed by atoms with Crippen LogP contribution in [-0.4, -0.2) is 43.5 Å². The third kappa shape index (κ3) is 6.07. The number of carbonyl (C=O) groups is 2. The van der Waals surface area contributed by atoms with E-state index >= 15 is 0 Å². The van der Waals surface area contributed by atoms with Crippen molar-refractivity contribution in [3.63, 3.8) is 0 Å². The minimum absolute atomic E-state index is 0.222. The summed E-state index contributed by atoms with van der Waals surface area (Å²) < 4.78 is 13.6. The second kappa shape index (κ2) is 12.0. The fourth-order valence-electron chi connectivity index (χ4n) is 4.66. The second-order valence-electron chi connectivity index (χ2n) is 9.34. The molecule has 3 aromatic heterocycles. The van der Waals surface area contributed by atoms with Gasteiger partial charge in [0.05, 0.1) is 30.4 Å². The van der Waals surface area contributed by atoms with Crippen LogP contribution in [0.3, 0.4) is 0 Å². The third-order valence-electron chi connectivity index (χ3n) is 6.50. The molecule has 4 aromatic rings. The van der Waals surface area contributed by atoms with Crippen LogP contribution in [0.1, 0.15) is 75.6 Å². The van der Waals surface area contributed by atoms with E-state index in [4.69, 9.17) is 9.15 Å². The van der Waals surface area contributed by atoms with E-state index in [2.05, 4.69) is 25.4 Å². The maximum Gasteiger partial charge on any atom is 0.224 e. The van der Waals surface area contributed by atoms with Crippen molar-refractivity contribution in [1.29, 1.82) is 0 Å². The van der Waals surface area contributed by atoms with Crippen molar-refractivity contribution < 1.29 is 18.7 Å². The number of aromatic nitrogens is 5. The molecule has 0 fully saturated rings. The number of ketones is 1. The van der Waals surface area contributed by atoms with Gasteiger partial charge in [-0.3, -0.25) is 9.59 Å². The highest BCUT2D eigenvalue weighted by Gasteiger charge is 2.32. The van der Waals surface area contributed by atoms with Gasteiger partial charge in [-0.25, -0.2) is 19.6 Å². The number of fused-ring (bicyclic) bond motifs is 1. The topological polar surface area (TPSA) is 125 Å². The summed E-state index contributed by atoms with van der Waals surface area (Å²) in [5.41, 5.74) is 1.47. The molecule has 0 radical (unpaired) electrons. The third-order valence-corrected chi connectivity index (χ3v) is 6.50. The van der Waals surface area contributed by atoms with Crippen LogP contribution in [0.15, 0.2) is 40.9 Å². The summed E-state index contributed by atoms with van der Waals surface area (Å²) in [5.74, 6) is 2.61. The van der Waals surface area contributed by atoms with Crippen LogP contribution in [0.4, 0.5) is 0 Å². The van der Waals surface area contributed by atoms with Crippen molar-refractivity contribution in [2.24, 2.45) is 0 Å². The molecule has 2 atom stereocenters. The number of benzene rings is 1. The van der Waals surface area contributed by atoms with Crippen LogP contribution in [-0.2, 0) is 9.59 Å². The first-order chi connectivity index (χ1) is 18.3. The first-order valence-corrected chi connectivity index (χ1v) is 12.9. The molecular formula is C28H34N6O4. The minimum atomic E-state index is -0.609. The molecule has 10 heteroatoms. The fraction of sp³-hybridized carbons (Fsp3) is 0.429. The quantitative estimate of drug-likeness (QED) is 0.258. The van der Waals surface area contributed by atoms with Crippen LogP contribution < -0.4 is 10.1 Å². The molecule has 4 rings (SSSR count). The Bertz CT molecular complexity index is 1430. The molecule has 1 amide bonds. The van der Waals surface area contributed by atoms with Gasteiger partial charge in [0.25, 0.3) is 0 Å². The Morgan fingerprint density at radius 2 is 1.95 bits per heavy atom. The number of unbranched alkanes of at least 4 members (excludes halogenated alkanes) is 1. The summed E-state index contributed by atoms with van der Waals surface area (Å²) >= 11 is 0. The van der Waals surface area contributed by atoms with Crippen LogP contribution in [0, 0.1) is 13.8 Å². The maximum atomic E-state index is 12.3. The van der Waals surface area contributed by atoms with Crippen LogP contribution in [0.25, 0.3) is 22.2 Å². The molecule has 0 aliphatic rings. The van der Waals surface area contributed by atoms with Crippen LogP contribution in [0.2, 0.25) is 0 Å². The van der Waals surface area contributed by atoms with Gasteiger partial charge in [0.1, 0.15) is 23.5 Å². The Balaban J connectivity index is 1.71. The molecule has 0 aliphatic carbocycles. The van der Waals surface area contributed by atoms with Gasteiger partial charge in [-0.05, 0) is 38.8 Å². The number of carbonyl (C=O) groups excluding carboxylic acids is 2. The minimum Gasteiger partial charge on any atom is -0.480 e. The molecule has 10 nitrogen and oxygen atoms in total. The summed E-state index contributed by atoms with van der Waals surface area (Å²) in [4.78, 5) is 37.8. The average Bonchev–Trinajstić information content (AvgIpc) is 3.52. The molecule has 1 aromatic carbocycles. The highest BCUT2D eigenvalue weighted by Crippen LogP contribution is 2.36. The summed E-state index contributed by atoms with van der Waals surface area (Å²) in [7, 11) is 1.56. The van der Waals surface area contributed by atoms with E-state index in [1.54, 1.807) is 13.3 Å². The lowest BCUT2D eigenvalue weighted by atomic mass is 9.99. The van der Waals surface area contributed by atoms with Crippen molar-refractivity contribution in [3.05, 3.63) is 54.1 Å². The Morgan fingerprint density at radius 1 is 1.16 bits per heavy atom. The lowest BCUT2D eigenvalue weighted by molar-refractivity contribution is -0.120. The first-order valence-electron chi connectivity index (χ1n) is 12.9. The average molecular weight is 519 g/mol. The van der Waals surface area contributed by atoms with E-state index in [9.17, 15) is 9.59 Å². The predicted molar refractivity (Wildman–Crippen MR) is 143 cm³/mol. The Hall–Kier alpha value is -4.08. The van der Waals surface area contributed by atoms with Crippen molar-refractivity contribution in [3.8, 4) is 17.2 Å². The largest absolute Gasteiger partial charge is 0.480 e. The Labute approximate surface area is 221 Å². The van der Waals surface area contributed by atoms with Gasteiger partial charge in [0.2, 0.25) is 17.7 Å². The molecule has 0 bridgehead atoms. The van der Waals surface area contributed by atoms with Gasteiger partial charge in [-0.2, -0.15) is 5.10 Å². The van der Waals surface area contributed by atoms with Gasteiger partial charge in [0.15, 0.2) is 5.76 Å². The molecule has 0 aliphatic heterocycles. The molecule has 3 heterocycles. The van der Waals surface area contributed by atoms with E-state index in [1.807, 2.05) is 55.8 Å². The summed E-state index contributed by atoms with van der Waals surface area (Å²) in [6.07, 6.45) is 4.84. The summed E-state index contributed by atoms with van der Waals surface area (Å²) in [6.45, 7) is 7.05. The Kier molecular flexibility index (Phi) is 8.50. The number of ether oxygens (including phenoxy) is 1. The highest BCUT2D eigenvalue weighted by molar-refractivity contribution is 5.85. The fourth-order valence-corrected chi connectivity index (χ4v) is 4.66. The van der Waals surface area contributed by atoms with Gasteiger partial charge >= 0.3 is 0 Å². The van der Waals surface area contributed by atoms with E-state index in [0.717, 1.165) is 29.6 Å². The van der Waals surface area contributed by atoms with Crippen molar-refractivity contribution in [1.82, 2.24) is 30.0 Å². The molecular weight excluding hydrogens is 484 g/mol. The van der Waals surface area contributed by atoms with E-state index in [1.165, 1.54) is 6.92 Å². The molecule has 0 unspecified atom stereocenters. The number of hydrogen-bond donors (Lipinski definition) is 1. The van der Waals surface area contributed by atoms with Crippen LogP contribution >= 0.6 is 0 Å². The smallest absolute Gasteiger partial charge is 0.224 e. The highest BCUT2D eigenvalue weighted by atomic mass is 16.5. The predicted octanol–water partition coefficient (Wildman–Crippen LogP) is 5.06. The lowest BCUT2D eigenvalue weighted by Crippen LogP contribution is -2.34. The van der Waals surface area contributed by atoms with E-state index in [-0.39, 0.29) is 17.7 Å². The number of rotatable bonds is 12. The van der Waals surface area contributed by atoms with Gasteiger partial charge in [-0.1, -0.05) is 31.5 Å². The number of oxazole rings is 1. The maximum absolute atomic E-state index is 12.3. The number of aryl methyl sites for hydroxylation is 2. The number of para-hydroxylation sites is 1. The second-order valence-corrected chi connectivity index (χ2v) is 9.34. The van der Waals surface area contributed by atoms with Gasteiger partial charge in [0, 0.05) is 25.2 Å². The number of nitrogens with one attached hydrogen (secondary N) is 1. The van der Waals surface area contributed by atoms with Gasteiger partial charge < -0.3 is 14.5 Å². The van der Waals surface area contributed by atoms with Crippen molar-refractivity contribution >= 4 is 22.6 Å². The monoisotopic (exact) mass is 518 g/mol. The molecule has 0 saturated heterocycles. The molecule has 0 spiro atoms. The summed E-state index contributed by atoms with van der Waals surface area (Å²) in [5, 5.41) is 8.56. The first kappa shape index (κ1) is 27.0. The number of pyridine rings is 1. The molecule has 38 heavy (non-hydrogen) atoms. The zero-order valence-electron chi connectivity index (χ0n) is 22.5. The number of nitrogens with zero attached hydrogens (tertiary/aromatic N) is 5. The standard InChI is InChI=1S/C28H34N6O4/c1-6-21(36)12-8-10-14-24(34-18(3)30-17(2)33-34)26(31-19(4)35)28-29-16-25(38-28)22-15-20-11-7-9-13-23(20)32-27(22)37-5/h7,9,11,13,15-16,24,26H,6,8,10,12,14H2,1-5H3,(H,31,35)/t24-,26-/m0/s1. The van der Waals surface area contributed by atoms with Gasteiger partial charge in [-0.15, -0.1) is 0 Å². The number of hydrogen-bond acceptors (Lipinski definition) is 8. The molecule has 200 valence electrons. The van der Waals surface area contributed by atoms with Crippen molar-refractivity contribution in [2.75, 3.05) is 7.11 Å². The lowest BCUT2D eigenvalue weighted by Gasteiger charge is -2.26. The zero-order chi connectivity index (χ0) is 27.2.